The van der Waals surface area contributed by atoms with E-state index in [4.69, 9.17) is 4.74 Å². The fourth-order valence-corrected chi connectivity index (χ4v) is 0.705. The molecular weight excluding hydrogens is 183 g/mol. The average Bonchev–Trinajstić information content (AvgIpc) is 1.97. The highest BCUT2D eigenvalue weighted by atomic mass is 19.4. The molecule has 0 bridgehead atoms. The van der Waals surface area contributed by atoms with Crippen molar-refractivity contribution in [1.29, 1.82) is 0 Å². The van der Waals surface area contributed by atoms with Crippen LogP contribution in [0.3, 0.4) is 0 Å². The number of hydrogen-bond acceptors (Lipinski definition) is 2. The van der Waals surface area contributed by atoms with Gasteiger partial charge < -0.3 is 10.1 Å². The minimum absolute atomic E-state index is 0.178. The van der Waals surface area contributed by atoms with Gasteiger partial charge in [0.1, 0.15) is 0 Å². The second-order valence-electron chi connectivity index (χ2n) is 2.70. The molecule has 13 heavy (non-hydrogen) atoms. The van der Waals surface area contributed by atoms with Gasteiger partial charge in [-0.1, -0.05) is 6.58 Å². The Kier molecular flexibility index (Phi) is 5.73. The fraction of sp³-hybridized carbons (Fsp3) is 0.750. The van der Waals surface area contributed by atoms with Crippen LogP contribution in [0.4, 0.5) is 13.2 Å². The molecule has 78 valence electrons. The number of hydrogen-bond donors (Lipinski definition) is 1. The highest BCUT2D eigenvalue weighted by molar-refractivity contribution is 4.96. The Bertz CT molecular complexity index is 156. The van der Waals surface area contributed by atoms with E-state index in [1.807, 2.05) is 0 Å². The summed E-state index contributed by atoms with van der Waals surface area (Å²) in [5, 5.41) is 2.82. The summed E-state index contributed by atoms with van der Waals surface area (Å²) in [5.41, 5.74) is 0.740. The topological polar surface area (TPSA) is 21.3 Å². The maximum Gasteiger partial charge on any atom is 0.391 e. The Morgan fingerprint density at radius 2 is 2.08 bits per heavy atom. The Morgan fingerprint density at radius 3 is 2.54 bits per heavy atom. The molecule has 0 aliphatic heterocycles. The van der Waals surface area contributed by atoms with Gasteiger partial charge in [0.15, 0.2) is 0 Å². The molecule has 0 radical (unpaired) electrons. The monoisotopic (exact) mass is 197 g/mol. The maximum absolute atomic E-state index is 11.6. The third-order valence-electron chi connectivity index (χ3n) is 1.26. The molecule has 0 aliphatic carbocycles. The van der Waals surface area contributed by atoms with E-state index in [2.05, 4.69) is 11.9 Å². The molecule has 5 heteroatoms. The molecular formula is C8H14F3NO. The van der Waals surface area contributed by atoms with Crippen LogP contribution in [0.5, 0.6) is 0 Å². The predicted molar refractivity (Wildman–Crippen MR) is 44.6 cm³/mol. The summed E-state index contributed by atoms with van der Waals surface area (Å²) in [5.74, 6) is 0. The number of likely N-dealkylation sites (N-methyl/N-ethyl adjacent to an activating group) is 1. The smallest absolute Gasteiger partial charge is 0.377 e. The molecule has 0 saturated carbocycles. The van der Waals surface area contributed by atoms with Crippen LogP contribution in [-0.4, -0.2) is 33.0 Å². The van der Waals surface area contributed by atoms with Crippen molar-refractivity contribution in [3.05, 3.63) is 12.2 Å². The van der Waals surface area contributed by atoms with Crippen LogP contribution in [0.2, 0.25) is 0 Å². The zero-order valence-corrected chi connectivity index (χ0v) is 7.58. The Balaban J connectivity index is 3.31. The number of halogens is 3. The molecule has 0 unspecified atom stereocenters. The van der Waals surface area contributed by atoms with Crippen molar-refractivity contribution in [2.75, 3.05) is 26.8 Å². The van der Waals surface area contributed by atoms with Crippen molar-refractivity contribution in [1.82, 2.24) is 5.32 Å². The van der Waals surface area contributed by atoms with Gasteiger partial charge in [-0.3, -0.25) is 0 Å². The molecule has 0 atom stereocenters. The second-order valence-corrected chi connectivity index (χ2v) is 2.70. The third-order valence-corrected chi connectivity index (χ3v) is 1.26. The standard InChI is InChI=1S/C8H14F3NO/c1-7(5-12-2)6-13-4-3-8(9,10)11/h12H,1,3-6H2,2H3. The molecule has 1 N–H and O–H groups in total. The first-order valence-electron chi connectivity index (χ1n) is 3.91. The molecule has 2 nitrogen and oxygen atoms in total. The van der Waals surface area contributed by atoms with E-state index in [0.29, 0.717) is 6.54 Å². The van der Waals surface area contributed by atoms with Crippen LogP contribution in [0.1, 0.15) is 6.42 Å². The first-order valence-corrected chi connectivity index (χ1v) is 3.91. The molecule has 0 amide bonds. The lowest BCUT2D eigenvalue weighted by molar-refractivity contribution is -0.144. The van der Waals surface area contributed by atoms with E-state index in [9.17, 15) is 13.2 Å². The summed E-state index contributed by atoms with van der Waals surface area (Å²) in [4.78, 5) is 0. The maximum atomic E-state index is 11.6. The fourth-order valence-electron chi connectivity index (χ4n) is 0.705. The van der Waals surface area contributed by atoms with E-state index in [-0.39, 0.29) is 13.2 Å². The summed E-state index contributed by atoms with van der Waals surface area (Å²) in [6.45, 7) is 4.05. The lowest BCUT2D eigenvalue weighted by Gasteiger charge is -2.08. The zero-order valence-electron chi connectivity index (χ0n) is 7.58. The molecule has 0 aromatic carbocycles. The quantitative estimate of drug-likeness (QED) is 0.517. The van der Waals surface area contributed by atoms with Crippen molar-refractivity contribution >= 4 is 0 Å². The zero-order chi connectivity index (χ0) is 10.3. The van der Waals surface area contributed by atoms with Gasteiger partial charge in [0.25, 0.3) is 0 Å². The first kappa shape index (κ1) is 12.4. The normalized spacial score (nSPS) is 11.7. The Hall–Kier alpha value is -0.550. The molecule has 0 saturated heterocycles. The summed E-state index contributed by atoms with van der Waals surface area (Å²) in [7, 11) is 1.74. The van der Waals surface area contributed by atoms with E-state index >= 15 is 0 Å². The number of rotatable bonds is 6. The van der Waals surface area contributed by atoms with Gasteiger partial charge in [0, 0.05) is 6.54 Å². The minimum Gasteiger partial charge on any atom is -0.377 e. The van der Waals surface area contributed by atoms with Crippen molar-refractivity contribution in [3.63, 3.8) is 0 Å². The van der Waals surface area contributed by atoms with Crippen molar-refractivity contribution < 1.29 is 17.9 Å². The van der Waals surface area contributed by atoms with E-state index < -0.39 is 12.6 Å². The van der Waals surface area contributed by atoms with Gasteiger partial charge in [-0.05, 0) is 12.6 Å². The van der Waals surface area contributed by atoms with Crippen LogP contribution in [-0.2, 0) is 4.74 Å². The van der Waals surface area contributed by atoms with Gasteiger partial charge in [-0.25, -0.2) is 0 Å². The molecule has 0 rings (SSSR count). The molecule has 0 aromatic rings. The Morgan fingerprint density at radius 1 is 1.46 bits per heavy atom. The molecule has 0 fully saturated rings. The predicted octanol–water partition coefficient (Wildman–Crippen LogP) is 1.73. The lowest BCUT2D eigenvalue weighted by atomic mass is 10.3. The van der Waals surface area contributed by atoms with Crippen LogP contribution in [0, 0.1) is 0 Å². The Labute approximate surface area is 75.8 Å². The van der Waals surface area contributed by atoms with E-state index in [1.165, 1.54) is 0 Å². The molecule has 0 aliphatic rings. The van der Waals surface area contributed by atoms with Crippen LogP contribution in [0.25, 0.3) is 0 Å². The van der Waals surface area contributed by atoms with Gasteiger partial charge in [0.05, 0.1) is 19.6 Å². The number of ether oxygens (including phenoxy) is 1. The number of alkyl halides is 3. The minimum atomic E-state index is -4.13. The number of nitrogens with one attached hydrogen (secondary N) is 1. The van der Waals surface area contributed by atoms with E-state index in [1.54, 1.807) is 7.05 Å². The second kappa shape index (κ2) is 5.99. The van der Waals surface area contributed by atoms with Crippen LogP contribution in [0.15, 0.2) is 12.2 Å². The SMILES string of the molecule is C=C(CNC)COCCC(F)(F)F. The summed E-state index contributed by atoms with van der Waals surface area (Å²) in [6, 6.07) is 0. The summed E-state index contributed by atoms with van der Waals surface area (Å²) in [6.07, 6.45) is -5.04. The first-order chi connectivity index (χ1) is 5.95. The highest BCUT2D eigenvalue weighted by Gasteiger charge is 2.26. The highest BCUT2D eigenvalue weighted by Crippen LogP contribution is 2.18. The van der Waals surface area contributed by atoms with Crippen LogP contribution >= 0.6 is 0 Å². The van der Waals surface area contributed by atoms with Gasteiger partial charge in [-0.2, -0.15) is 13.2 Å². The summed E-state index contributed by atoms with van der Waals surface area (Å²) < 4.78 is 39.6. The van der Waals surface area contributed by atoms with Gasteiger partial charge >= 0.3 is 6.18 Å². The van der Waals surface area contributed by atoms with Crippen molar-refractivity contribution in [2.45, 2.75) is 12.6 Å². The van der Waals surface area contributed by atoms with Gasteiger partial charge in [0.2, 0.25) is 0 Å². The molecule has 0 heterocycles. The average molecular weight is 197 g/mol. The molecule has 0 spiro atoms. The largest absolute Gasteiger partial charge is 0.391 e. The lowest BCUT2D eigenvalue weighted by Crippen LogP contribution is -2.16. The van der Waals surface area contributed by atoms with Crippen molar-refractivity contribution in [3.8, 4) is 0 Å². The van der Waals surface area contributed by atoms with Crippen molar-refractivity contribution in [2.24, 2.45) is 0 Å². The van der Waals surface area contributed by atoms with E-state index in [0.717, 1.165) is 5.57 Å². The third kappa shape index (κ3) is 9.36. The van der Waals surface area contributed by atoms with Crippen LogP contribution < -0.4 is 5.32 Å². The summed E-state index contributed by atoms with van der Waals surface area (Å²) >= 11 is 0. The molecule has 0 aromatic heterocycles. The van der Waals surface area contributed by atoms with Gasteiger partial charge in [-0.15, -0.1) is 0 Å².